The predicted molar refractivity (Wildman–Crippen MR) is 381 cm³/mol. The standard InChI is InChI=1S/C88H67NO3/c1-46-20-12-13-21-50(46)59-43-71-77(82-56-24-16-19-27-74(56)92-83(59)82)53-33-30-49(40-66(53)88(71,10)11)89(47-28-31-51-57-41-69-60(44-67(57)86(6,7)64(51)38-47)78-62(84(69,2)3)34-36-75-80(78)54-22-14-17-25-72(54)90-75)48-29-32-52-58-42-70-61(45-68(58)87(8,9)65(52)39-48)79-63(85(70,4)5)35-37-76-81(79)55-23-15-18-26-73(55)91-76/h12-45H,1-11H3. The first-order valence-corrected chi connectivity index (χ1v) is 32.9. The van der Waals surface area contributed by atoms with Gasteiger partial charge in [0.15, 0.2) is 0 Å². The second-order valence-corrected chi connectivity index (χ2v) is 29.9. The first kappa shape index (κ1) is 52.6. The van der Waals surface area contributed by atoms with Crippen molar-refractivity contribution in [2.75, 3.05) is 4.90 Å². The summed E-state index contributed by atoms with van der Waals surface area (Å²) in [6.45, 7) is 26.5. The van der Waals surface area contributed by atoms with Crippen molar-refractivity contribution in [3.05, 3.63) is 267 Å². The average Bonchev–Trinajstić information content (AvgIpc) is 1.54. The van der Waals surface area contributed by atoms with Crippen LogP contribution in [0.15, 0.2) is 220 Å². The molecule has 0 saturated carbocycles. The minimum absolute atomic E-state index is 0.210. The van der Waals surface area contributed by atoms with Crippen LogP contribution in [0.3, 0.4) is 0 Å². The fourth-order valence-electron chi connectivity index (χ4n) is 18.5. The maximum atomic E-state index is 6.97. The Labute approximate surface area is 535 Å². The van der Waals surface area contributed by atoms with Crippen molar-refractivity contribution in [2.45, 2.75) is 103 Å². The van der Waals surface area contributed by atoms with Gasteiger partial charge in [-0.25, -0.2) is 0 Å². The van der Waals surface area contributed by atoms with E-state index in [0.717, 1.165) is 61.5 Å². The fourth-order valence-corrected chi connectivity index (χ4v) is 18.5. The smallest absolute Gasteiger partial charge is 0.143 e. The zero-order chi connectivity index (χ0) is 62.2. The van der Waals surface area contributed by atoms with Crippen molar-refractivity contribution in [3.63, 3.8) is 0 Å². The minimum atomic E-state index is -0.359. The van der Waals surface area contributed by atoms with Crippen molar-refractivity contribution in [2.24, 2.45) is 0 Å². The normalized spacial score (nSPS) is 16.4. The molecule has 3 heterocycles. The van der Waals surface area contributed by atoms with Gasteiger partial charge < -0.3 is 18.2 Å². The number of para-hydroxylation sites is 3. The molecule has 5 aliphatic rings. The summed E-state index contributed by atoms with van der Waals surface area (Å²) in [6.07, 6.45) is 0. The van der Waals surface area contributed by atoms with Crippen molar-refractivity contribution in [1.29, 1.82) is 0 Å². The Balaban J connectivity index is 0.776. The van der Waals surface area contributed by atoms with Gasteiger partial charge in [-0.05, 0) is 226 Å². The molecular weight excluding hydrogens is 1120 g/mol. The first-order valence-electron chi connectivity index (χ1n) is 32.9. The van der Waals surface area contributed by atoms with Crippen LogP contribution in [0.2, 0.25) is 0 Å². The van der Waals surface area contributed by atoms with Gasteiger partial charge in [0, 0.05) is 82.0 Å². The van der Waals surface area contributed by atoms with Crippen LogP contribution in [0, 0.1) is 6.92 Å². The van der Waals surface area contributed by atoms with Crippen LogP contribution in [0.4, 0.5) is 17.1 Å². The molecule has 4 heteroatoms. The Morgan fingerprint density at radius 2 is 0.609 bits per heavy atom. The monoisotopic (exact) mass is 1190 g/mol. The van der Waals surface area contributed by atoms with E-state index in [0.29, 0.717) is 0 Å². The Morgan fingerprint density at radius 1 is 0.250 bits per heavy atom. The van der Waals surface area contributed by atoms with E-state index >= 15 is 0 Å². The Hall–Kier alpha value is -10.2. The number of anilines is 3. The number of benzene rings is 12. The van der Waals surface area contributed by atoms with Gasteiger partial charge in [-0.2, -0.15) is 0 Å². The van der Waals surface area contributed by atoms with Gasteiger partial charge >= 0.3 is 0 Å². The van der Waals surface area contributed by atoms with Crippen LogP contribution in [-0.2, 0) is 27.1 Å². The lowest BCUT2D eigenvalue weighted by Gasteiger charge is -2.31. The second-order valence-electron chi connectivity index (χ2n) is 29.9. The molecule has 4 nitrogen and oxygen atoms in total. The third kappa shape index (κ3) is 6.38. The average molecular weight is 1190 g/mol. The van der Waals surface area contributed by atoms with E-state index in [2.05, 4.69) is 287 Å². The van der Waals surface area contributed by atoms with Gasteiger partial charge in [0.05, 0.1) is 0 Å². The molecule has 0 atom stereocenters. The molecule has 0 N–H and O–H groups in total. The molecule has 0 aliphatic heterocycles. The third-order valence-electron chi connectivity index (χ3n) is 23.4. The largest absolute Gasteiger partial charge is 0.456 e. The van der Waals surface area contributed by atoms with Crippen molar-refractivity contribution >= 4 is 82.9 Å². The SMILES string of the molecule is Cc1ccccc1-c1cc2c(c3c1oc1ccccc13)-c1ccc(N(c3ccc4c(c3)C(C)(C)c3cc5c(cc3-4)C(C)(C)c3ccc4oc6ccccc6c4c3-5)c3ccc4c(c3)C(C)(C)c3cc5c(cc3-4)C(C)(C)c3ccc4oc6ccccc6c4c3-5)cc1C2(C)C. The Kier molecular flexibility index (Phi) is 9.75. The van der Waals surface area contributed by atoms with Crippen LogP contribution in [0.25, 0.3) is 133 Å². The summed E-state index contributed by atoms with van der Waals surface area (Å²) in [5.74, 6) is 0. The predicted octanol–water partition coefficient (Wildman–Crippen LogP) is 24.4. The highest BCUT2D eigenvalue weighted by molar-refractivity contribution is 6.20. The molecule has 15 aromatic rings. The highest BCUT2D eigenvalue weighted by Gasteiger charge is 2.47. The van der Waals surface area contributed by atoms with E-state index in [-0.39, 0.29) is 27.1 Å². The van der Waals surface area contributed by atoms with Gasteiger partial charge in [-0.3, -0.25) is 0 Å². The van der Waals surface area contributed by atoms with Crippen molar-refractivity contribution in [3.8, 4) is 66.8 Å². The molecule has 0 bridgehead atoms. The van der Waals surface area contributed by atoms with E-state index in [1.165, 1.54) is 149 Å². The molecule has 0 unspecified atom stereocenters. The van der Waals surface area contributed by atoms with Crippen molar-refractivity contribution in [1.82, 2.24) is 0 Å². The number of aryl methyl sites for hydroxylation is 1. The number of nitrogens with zero attached hydrogens (tertiary/aromatic N) is 1. The van der Waals surface area contributed by atoms with Crippen LogP contribution >= 0.6 is 0 Å². The maximum Gasteiger partial charge on any atom is 0.143 e. The van der Waals surface area contributed by atoms with Crippen LogP contribution in [0.5, 0.6) is 0 Å². The van der Waals surface area contributed by atoms with Gasteiger partial charge in [0.1, 0.15) is 33.5 Å². The van der Waals surface area contributed by atoms with E-state index in [1.807, 2.05) is 0 Å². The molecule has 0 spiro atoms. The molecule has 0 saturated heterocycles. The minimum Gasteiger partial charge on any atom is -0.456 e. The number of hydrogen-bond donors (Lipinski definition) is 0. The zero-order valence-electron chi connectivity index (χ0n) is 53.8. The molecule has 12 aromatic carbocycles. The lowest BCUT2D eigenvalue weighted by molar-refractivity contribution is 0.650. The van der Waals surface area contributed by atoms with Crippen molar-refractivity contribution < 1.29 is 13.3 Å². The van der Waals surface area contributed by atoms with Crippen LogP contribution in [-0.4, -0.2) is 0 Å². The topological polar surface area (TPSA) is 42.7 Å². The first-order chi connectivity index (χ1) is 44.3. The molecule has 0 fully saturated rings. The summed E-state index contributed by atoms with van der Waals surface area (Å²) in [5, 5.41) is 7.12. The molecule has 442 valence electrons. The highest BCUT2D eigenvalue weighted by Crippen LogP contribution is 2.63. The summed E-state index contributed by atoms with van der Waals surface area (Å²) < 4.78 is 20.1. The summed E-state index contributed by atoms with van der Waals surface area (Å²) in [4.78, 5) is 2.57. The van der Waals surface area contributed by atoms with E-state index in [1.54, 1.807) is 0 Å². The maximum absolute atomic E-state index is 6.97. The summed E-state index contributed by atoms with van der Waals surface area (Å²) in [7, 11) is 0. The fraction of sp³-hybridized carbons (Fsp3) is 0.182. The van der Waals surface area contributed by atoms with E-state index in [4.69, 9.17) is 13.3 Å². The lowest BCUT2D eigenvalue weighted by Crippen LogP contribution is -2.19. The van der Waals surface area contributed by atoms with Crippen LogP contribution in [0.1, 0.15) is 130 Å². The van der Waals surface area contributed by atoms with E-state index in [9.17, 15) is 0 Å². The molecule has 0 radical (unpaired) electrons. The Morgan fingerprint density at radius 3 is 1.11 bits per heavy atom. The summed E-state index contributed by atoms with van der Waals surface area (Å²) in [5.41, 5.74) is 37.7. The zero-order valence-corrected chi connectivity index (χ0v) is 53.8. The molecule has 0 amide bonds. The number of rotatable bonds is 4. The molecule has 3 aromatic heterocycles. The highest BCUT2D eigenvalue weighted by atomic mass is 16.3. The molecule has 5 aliphatic carbocycles. The second kappa shape index (κ2) is 17.1. The van der Waals surface area contributed by atoms with Gasteiger partial charge in [0.2, 0.25) is 0 Å². The molecular formula is C88H67NO3. The van der Waals surface area contributed by atoms with Gasteiger partial charge in [-0.1, -0.05) is 178 Å². The quantitative estimate of drug-likeness (QED) is 0.176. The van der Waals surface area contributed by atoms with Crippen LogP contribution < -0.4 is 4.90 Å². The summed E-state index contributed by atoms with van der Waals surface area (Å²) in [6, 6.07) is 78.2. The molecule has 20 rings (SSSR count). The number of hydrogen-bond acceptors (Lipinski definition) is 4. The lowest BCUT2D eigenvalue weighted by atomic mass is 9.79. The number of fused-ring (bicyclic) bond motifs is 27. The Bertz CT molecular complexity index is 5690. The van der Waals surface area contributed by atoms with Gasteiger partial charge in [0.25, 0.3) is 0 Å². The summed E-state index contributed by atoms with van der Waals surface area (Å²) >= 11 is 0. The molecule has 92 heavy (non-hydrogen) atoms. The third-order valence-corrected chi connectivity index (χ3v) is 23.4. The van der Waals surface area contributed by atoms with Gasteiger partial charge in [-0.15, -0.1) is 0 Å². The van der Waals surface area contributed by atoms with E-state index < -0.39 is 0 Å². The number of furan rings is 3.